The molecule has 3 aliphatic carbocycles. The van der Waals surface area contributed by atoms with Crippen LogP contribution < -0.4 is 27.0 Å². The van der Waals surface area contributed by atoms with Gasteiger partial charge in [0, 0.05) is 36.7 Å². The monoisotopic (exact) mass is 699 g/mol. The van der Waals surface area contributed by atoms with Crippen molar-refractivity contribution in [3.8, 4) is 0 Å². The Balaban J connectivity index is 1.64. The third-order valence-electron chi connectivity index (χ3n) is 11.9. The fourth-order valence-corrected chi connectivity index (χ4v) is 8.58. The first-order chi connectivity index (χ1) is 23.9. The summed E-state index contributed by atoms with van der Waals surface area (Å²) in [5.41, 5.74) is 10.5. The predicted octanol–water partition coefficient (Wildman–Crippen LogP) is 7.97. The number of allylic oxidation sites excluding steroid dienone is 7. The van der Waals surface area contributed by atoms with E-state index >= 15 is 0 Å². The number of likely N-dealkylation sites (tertiary alicyclic amines) is 1. The largest absolute Gasteiger partial charge is 0.396 e. The van der Waals surface area contributed by atoms with Crippen molar-refractivity contribution in [3.05, 3.63) is 97.5 Å². The number of hydrogen-bond acceptors (Lipinski definition) is 7. The Bertz CT molecular complexity index is 1420. The van der Waals surface area contributed by atoms with Crippen LogP contribution in [0.25, 0.3) is 0 Å². The summed E-state index contributed by atoms with van der Waals surface area (Å²) in [6.45, 7) is 36.7. The summed E-state index contributed by atoms with van der Waals surface area (Å²) in [5, 5.41) is 14.5. The van der Waals surface area contributed by atoms with Crippen molar-refractivity contribution in [3.63, 3.8) is 0 Å². The van der Waals surface area contributed by atoms with E-state index in [1.54, 1.807) is 0 Å². The summed E-state index contributed by atoms with van der Waals surface area (Å²) in [7, 11) is 1.93. The van der Waals surface area contributed by atoms with Gasteiger partial charge in [-0.2, -0.15) is 0 Å². The molecule has 7 heteroatoms. The molecular weight excluding hydrogens is 629 g/mol. The average molecular weight is 699 g/mol. The molecule has 0 aromatic rings. The van der Waals surface area contributed by atoms with Gasteiger partial charge in [-0.1, -0.05) is 130 Å². The Labute approximate surface area is 310 Å². The maximum Gasteiger partial charge on any atom is 0.199 e. The zero-order chi connectivity index (χ0) is 37.7. The molecule has 0 amide bonds. The first-order valence-electron chi connectivity index (χ1n) is 19.4. The van der Waals surface area contributed by atoms with E-state index in [1.807, 2.05) is 7.05 Å². The van der Waals surface area contributed by atoms with E-state index in [0.717, 1.165) is 80.8 Å². The Kier molecular flexibility index (Phi) is 13.2. The minimum Gasteiger partial charge on any atom is -0.396 e. The summed E-state index contributed by atoms with van der Waals surface area (Å²) < 4.78 is 0. The molecule has 0 aromatic heterocycles. The van der Waals surface area contributed by atoms with Crippen LogP contribution in [0.3, 0.4) is 0 Å². The molecule has 282 valence electrons. The molecule has 6 N–H and O–H groups in total. The fourth-order valence-electron chi connectivity index (χ4n) is 8.58. The molecule has 7 atom stereocenters. The summed E-state index contributed by atoms with van der Waals surface area (Å²) in [5.74, 6) is 2.21. The second-order valence-corrected chi connectivity index (χ2v) is 17.9. The maximum atomic E-state index is 13.4. The van der Waals surface area contributed by atoms with Crippen LogP contribution in [-0.2, 0) is 4.79 Å². The number of carbonyl (C=O) groups excluding carboxylic acids is 1. The van der Waals surface area contributed by atoms with Gasteiger partial charge in [-0.15, -0.1) is 0 Å². The smallest absolute Gasteiger partial charge is 0.199 e. The molecule has 7 nitrogen and oxygen atoms in total. The van der Waals surface area contributed by atoms with Crippen LogP contribution in [0, 0.1) is 34.5 Å². The molecule has 1 aliphatic heterocycles. The molecule has 6 unspecified atom stereocenters. The number of nitrogens with zero attached hydrogens (tertiary/aromatic N) is 1. The van der Waals surface area contributed by atoms with E-state index in [0.29, 0.717) is 23.7 Å². The second kappa shape index (κ2) is 16.8. The van der Waals surface area contributed by atoms with Crippen molar-refractivity contribution in [2.45, 2.75) is 123 Å². The first kappa shape index (κ1) is 40.2. The number of nitrogens with one attached hydrogen (secondary N) is 4. The number of hydrogen-bond donors (Lipinski definition) is 5. The van der Waals surface area contributed by atoms with E-state index in [9.17, 15) is 4.79 Å². The zero-order valence-electron chi connectivity index (χ0n) is 33.0. The van der Waals surface area contributed by atoms with Gasteiger partial charge in [0.05, 0.1) is 29.6 Å². The Morgan fingerprint density at radius 1 is 1.00 bits per heavy atom. The van der Waals surface area contributed by atoms with Crippen molar-refractivity contribution < 1.29 is 4.79 Å². The highest BCUT2D eigenvalue weighted by atomic mass is 16.1. The van der Waals surface area contributed by atoms with Crippen LogP contribution in [0.15, 0.2) is 97.5 Å². The highest BCUT2D eigenvalue weighted by Gasteiger charge is 2.46. The summed E-state index contributed by atoms with van der Waals surface area (Å²) in [6.07, 6.45) is 20.4. The highest BCUT2D eigenvalue weighted by Crippen LogP contribution is 2.44. The molecule has 1 saturated carbocycles. The van der Waals surface area contributed by atoms with Crippen molar-refractivity contribution in [2.75, 3.05) is 13.6 Å². The number of nitrogens with two attached hydrogens (primary N) is 1. The zero-order valence-corrected chi connectivity index (χ0v) is 33.0. The van der Waals surface area contributed by atoms with Gasteiger partial charge in [-0.25, -0.2) is 0 Å². The van der Waals surface area contributed by atoms with E-state index < -0.39 is 6.04 Å². The molecule has 2 fully saturated rings. The standard InChI is InChI=1S/C44H70N6O/c1-28(46-12)20-21-39(44(9,10)11)48-32(5)49-40(36-25-34-16-13-14-17-35(24-34)26-36)31(4)50-23-22-37(43(6,7)8)41(50)30(3)47-38(42(51)29(2)45)27-33-18-15-19-33/h13-14,16-17,24,33-34,36-41,46-49H,1-5,15,18-23,25-27,45H2,6-12H3/t34?,36?,37-,38?,39?,40?,41?/m0/s1. The van der Waals surface area contributed by atoms with E-state index in [-0.39, 0.29) is 40.4 Å². The van der Waals surface area contributed by atoms with Crippen molar-refractivity contribution >= 4 is 5.78 Å². The van der Waals surface area contributed by atoms with Gasteiger partial charge in [0.2, 0.25) is 0 Å². The quantitative estimate of drug-likeness (QED) is 0.0928. The van der Waals surface area contributed by atoms with Gasteiger partial charge >= 0.3 is 0 Å². The molecule has 0 radical (unpaired) electrons. The fraction of sp³-hybridized carbons (Fsp3) is 0.614. The lowest BCUT2D eigenvalue weighted by molar-refractivity contribution is -0.118. The predicted molar refractivity (Wildman–Crippen MR) is 216 cm³/mol. The lowest BCUT2D eigenvalue weighted by Crippen LogP contribution is -2.52. The van der Waals surface area contributed by atoms with Gasteiger partial charge in [-0.3, -0.25) is 4.79 Å². The highest BCUT2D eigenvalue weighted by molar-refractivity contribution is 5.98. The summed E-state index contributed by atoms with van der Waals surface area (Å²) in [6, 6.07) is -0.329. The lowest BCUT2D eigenvalue weighted by atomic mass is 9.74. The molecule has 4 rings (SSSR count). The van der Waals surface area contributed by atoms with Crippen molar-refractivity contribution in [2.24, 2.45) is 40.2 Å². The maximum absolute atomic E-state index is 13.4. The number of carbonyl (C=O) groups is 1. The summed E-state index contributed by atoms with van der Waals surface area (Å²) in [4.78, 5) is 15.9. The second-order valence-electron chi connectivity index (χ2n) is 17.9. The molecule has 4 aliphatic rings. The normalized spacial score (nSPS) is 25.0. The molecule has 0 aromatic carbocycles. The number of fused-ring (bicyclic) bond motifs is 1. The SMILES string of the molecule is C=C(CCC(NC(=C)NC(C(=C)N1CC[C@H](C(C)(C)C)C1C(=C)NC(CC1CCC1)C(=O)C(=C)N)C1CC2=CC(C=CC=C2)C1)C(C)(C)C)NC. The van der Waals surface area contributed by atoms with Gasteiger partial charge in [0.25, 0.3) is 0 Å². The Morgan fingerprint density at radius 3 is 2.29 bits per heavy atom. The average Bonchev–Trinajstić information content (AvgIpc) is 3.42. The number of rotatable bonds is 18. The third-order valence-corrected chi connectivity index (χ3v) is 11.9. The first-order valence-corrected chi connectivity index (χ1v) is 19.4. The molecule has 51 heavy (non-hydrogen) atoms. The molecule has 2 bridgehead atoms. The minimum atomic E-state index is -0.421. The van der Waals surface area contributed by atoms with Crippen LogP contribution in [-0.4, -0.2) is 48.4 Å². The van der Waals surface area contributed by atoms with Gasteiger partial charge in [0.1, 0.15) is 0 Å². The van der Waals surface area contributed by atoms with Crippen LogP contribution in [0.2, 0.25) is 0 Å². The molecular formula is C44H70N6O. The van der Waals surface area contributed by atoms with E-state index in [1.165, 1.54) is 12.0 Å². The lowest BCUT2D eigenvalue weighted by Gasteiger charge is -2.44. The minimum absolute atomic E-state index is 0.0109. The van der Waals surface area contributed by atoms with Gasteiger partial charge in [-0.05, 0) is 73.0 Å². The van der Waals surface area contributed by atoms with Gasteiger partial charge < -0.3 is 31.9 Å². The topological polar surface area (TPSA) is 94.5 Å². The Hall–Kier alpha value is -3.61. The molecule has 1 saturated heterocycles. The number of ketones is 1. The van der Waals surface area contributed by atoms with Crippen molar-refractivity contribution in [1.82, 2.24) is 26.2 Å². The number of Topliss-reactive ketones (excluding diaryl/α,β-unsaturated/α-hetero) is 1. The Morgan fingerprint density at radius 2 is 1.71 bits per heavy atom. The third kappa shape index (κ3) is 10.5. The molecule has 1 heterocycles. The summed E-state index contributed by atoms with van der Waals surface area (Å²) >= 11 is 0. The molecule has 0 spiro atoms. The van der Waals surface area contributed by atoms with Crippen LogP contribution in [0.1, 0.15) is 99.3 Å². The van der Waals surface area contributed by atoms with Crippen LogP contribution in [0.4, 0.5) is 0 Å². The van der Waals surface area contributed by atoms with E-state index in [2.05, 4.69) is 124 Å². The van der Waals surface area contributed by atoms with Crippen LogP contribution >= 0.6 is 0 Å². The van der Waals surface area contributed by atoms with Gasteiger partial charge in [0.15, 0.2) is 5.78 Å². The van der Waals surface area contributed by atoms with E-state index in [4.69, 9.17) is 12.3 Å². The van der Waals surface area contributed by atoms with Crippen LogP contribution in [0.5, 0.6) is 0 Å². The van der Waals surface area contributed by atoms with Crippen molar-refractivity contribution in [1.29, 1.82) is 0 Å².